The molecule has 0 aliphatic rings. The second-order valence-corrected chi connectivity index (χ2v) is 5.63. The lowest BCUT2D eigenvalue weighted by Crippen LogP contribution is -2.25. The Hall–Kier alpha value is -1.52. The second kappa shape index (κ2) is 7.03. The normalized spacial score (nSPS) is 9.78. The fourth-order valence-corrected chi connectivity index (χ4v) is 3.15. The Kier molecular flexibility index (Phi) is 5.68. The molecule has 96 valence electrons. The number of hydrogen-bond acceptors (Lipinski definition) is 5. The number of aliphatic carboxylic acids is 1. The lowest BCUT2D eigenvalue weighted by molar-refractivity contribution is -0.136. The molecular weight excluding hydrogens is 272 g/mol. The molecule has 0 aromatic carbocycles. The van der Waals surface area contributed by atoms with Crippen molar-refractivity contribution in [2.24, 2.45) is 0 Å². The summed E-state index contributed by atoms with van der Waals surface area (Å²) >= 11 is 2.58. The highest BCUT2D eigenvalue weighted by molar-refractivity contribution is 8.01. The van der Waals surface area contributed by atoms with E-state index in [-0.39, 0.29) is 24.6 Å². The third-order valence-electron chi connectivity index (χ3n) is 1.90. The van der Waals surface area contributed by atoms with E-state index in [9.17, 15) is 9.59 Å². The number of thioether (sulfide) groups is 1. The number of thiazole rings is 1. The lowest BCUT2D eigenvalue weighted by Gasteiger charge is -1.98. The molecule has 1 aromatic heterocycles. The predicted octanol–water partition coefficient (Wildman–Crippen LogP) is 0.920. The molecule has 1 amide bonds. The van der Waals surface area contributed by atoms with Gasteiger partial charge in [0.1, 0.15) is 0 Å². The number of carbonyl (C=O) groups excluding carboxylic acids is 1. The van der Waals surface area contributed by atoms with Crippen molar-refractivity contribution in [1.29, 1.82) is 0 Å². The summed E-state index contributed by atoms with van der Waals surface area (Å²) in [5.74, 6) is 1.49. The monoisotopic (exact) mass is 284 g/mol. The van der Waals surface area contributed by atoms with E-state index in [0.717, 1.165) is 0 Å². The second-order valence-electron chi connectivity index (χ2n) is 3.33. The molecule has 7 heteroatoms. The average Bonchev–Trinajstić information content (AvgIpc) is 2.64. The maximum atomic E-state index is 11.3. The van der Waals surface area contributed by atoms with E-state index in [4.69, 9.17) is 11.5 Å². The van der Waals surface area contributed by atoms with Gasteiger partial charge in [-0.3, -0.25) is 9.59 Å². The smallest absolute Gasteiger partial charge is 0.308 e. The third kappa shape index (κ3) is 4.77. The number of carboxylic acids is 1. The summed E-state index contributed by atoms with van der Waals surface area (Å²) < 4.78 is 0.694. The van der Waals surface area contributed by atoms with Crippen LogP contribution >= 0.6 is 23.1 Å². The number of nitrogens with one attached hydrogen (secondary N) is 1. The van der Waals surface area contributed by atoms with Crippen LogP contribution in [-0.4, -0.2) is 34.3 Å². The fraction of sp³-hybridized carbons (Fsp3) is 0.364. The highest BCUT2D eigenvalue weighted by atomic mass is 32.2. The number of carboxylic acid groups (broad SMARTS) is 1. The van der Waals surface area contributed by atoms with E-state index in [1.165, 1.54) is 23.1 Å². The molecule has 5 nitrogen and oxygen atoms in total. The Bertz CT molecular complexity index is 491. The van der Waals surface area contributed by atoms with Gasteiger partial charge in [0.05, 0.1) is 24.4 Å². The largest absolute Gasteiger partial charge is 0.481 e. The summed E-state index contributed by atoms with van der Waals surface area (Å²) in [5, 5.41) is 11.2. The molecular formula is C11H12N2O3S2. The van der Waals surface area contributed by atoms with Gasteiger partial charge in [0.2, 0.25) is 5.91 Å². The van der Waals surface area contributed by atoms with Crippen molar-refractivity contribution in [2.45, 2.75) is 17.7 Å². The number of nitrogens with zero attached hydrogens (tertiary/aromatic N) is 1. The van der Waals surface area contributed by atoms with E-state index in [2.05, 4.69) is 16.2 Å². The molecule has 2 N–H and O–H groups in total. The van der Waals surface area contributed by atoms with Gasteiger partial charge in [-0.25, -0.2) is 4.98 Å². The van der Waals surface area contributed by atoms with Crippen LogP contribution in [0.1, 0.15) is 10.6 Å². The Morgan fingerprint density at radius 2 is 2.33 bits per heavy atom. The molecule has 0 radical (unpaired) electrons. The molecule has 0 saturated carbocycles. The number of aryl methyl sites for hydroxylation is 1. The van der Waals surface area contributed by atoms with Gasteiger partial charge in [0.25, 0.3) is 0 Å². The average molecular weight is 284 g/mol. The molecule has 1 rings (SSSR count). The number of rotatable bonds is 6. The summed E-state index contributed by atoms with van der Waals surface area (Å²) in [7, 11) is 0. The number of amides is 1. The Balaban J connectivity index is 2.51. The lowest BCUT2D eigenvalue weighted by atomic mass is 10.3. The van der Waals surface area contributed by atoms with Crippen molar-refractivity contribution >= 4 is 35.0 Å². The molecule has 0 aliphatic carbocycles. The summed E-state index contributed by atoms with van der Waals surface area (Å²) in [6.45, 7) is 1.97. The Morgan fingerprint density at radius 3 is 2.94 bits per heavy atom. The van der Waals surface area contributed by atoms with Crippen LogP contribution in [0.5, 0.6) is 0 Å². The van der Waals surface area contributed by atoms with E-state index in [0.29, 0.717) is 14.9 Å². The molecule has 1 heterocycles. The minimum atomic E-state index is -0.884. The summed E-state index contributed by atoms with van der Waals surface area (Å²) in [4.78, 5) is 26.8. The maximum absolute atomic E-state index is 11.3. The van der Waals surface area contributed by atoms with Crippen LogP contribution in [0.4, 0.5) is 0 Å². The highest BCUT2D eigenvalue weighted by Gasteiger charge is 2.12. The number of aromatic nitrogens is 1. The van der Waals surface area contributed by atoms with Crippen LogP contribution in [-0.2, 0) is 16.0 Å². The van der Waals surface area contributed by atoms with Crippen LogP contribution in [0.15, 0.2) is 4.34 Å². The fourth-order valence-electron chi connectivity index (χ4n) is 1.09. The highest BCUT2D eigenvalue weighted by Crippen LogP contribution is 2.27. The van der Waals surface area contributed by atoms with Gasteiger partial charge in [0, 0.05) is 4.88 Å². The van der Waals surface area contributed by atoms with Crippen molar-refractivity contribution in [3.05, 3.63) is 10.6 Å². The van der Waals surface area contributed by atoms with Crippen LogP contribution in [0, 0.1) is 19.3 Å². The summed E-state index contributed by atoms with van der Waals surface area (Å²) in [6.07, 6.45) is 4.98. The van der Waals surface area contributed by atoms with Crippen LogP contribution in [0.2, 0.25) is 0 Å². The van der Waals surface area contributed by atoms with Crippen LogP contribution in [0.25, 0.3) is 0 Å². The van der Waals surface area contributed by atoms with Gasteiger partial charge in [0.15, 0.2) is 4.34 Å². The molecule has 0 atom stereocenters. The summed E-state index contributed by atoms with van der Waals surface area (Å²) in [6, 6.07) is 0. The number of carbonyl (C=O) groups is 2. The van der Waals surface area contributed by atoms with Crippen molar-refractivity contribution in [2.75, 3.05) is 12.3 Å². The molecule has 18 heavy (non-hydrogen) atoms. The zero-order chi connectivity index (χ0) is 13.5. The minimum absolute atomic E-state index is 0.0344. The van der Waals surface area contributed by atoms with Gasteiger partial charge in [-0.05, 0) is 6.92 Å². The van der Waals surface area contributed by atoms with Gasteiger partial charge >= 0.3 is 5.97 Å². The standard InChI is InChI=1S/C11H12N2O3S2/c1-3-4-12-9(14)6-17-11-13-7(2)8(18-11)5-10(15)16/h1H,4-6H2,2H3,(H,12,14)(H,15,16). The Morgan fingerprint density at radius 1 is 1.61 bits per heavy atom. The molecule has 0 aliphatic heterocycles. The van der Waals surface area contributed by atoms with E-state index < -0.39 is 5.97 Å². The Labute approximate surface area is 113 Å². The molecule has 0 unspecified atom stereocenters. The first-order valence-electron chi connectivity index (χ1n) is 5.04. The van der Waals surface area contributed by atoms with Crippen LogP contribution < -0.4 is 5.32 Å². The first kappa shape index (κ1) is 14.5. The first-order chi connectivity index (χ1) is 8.52. The van der Waals surface area contributed by atoms with Crippen LogP contribution in [0.3, 0.4) is 0 Å². The SMILES string of the molecule is C#CCNC(=O)CSc1nc(C)c(CC(=O)O)s1. The van der Waals surface area contributed by atoms with Gasteiger partial charge in [-0.1, -0.05) is 17.7 Å². The predicted molar refractivity (Wildman–Crippen MR) is 70.8 cm³/mol. The first-order valence-corrected chi connectivity index (χ1v) is 6.84. The number of hydrogen-bond donors (Lipinski definition) is 2. The van der Waals surface area contributed by atoms with Crippen molar-refractivity contribution < 1.29 is 14.7 Å². The molecule has 0 saturated heterocycles. The molecule has 0 fully saturated rings. The zero-order valence-electron chi connectivity index (χ0n) is 9.73. The maximum Gasteiger partial charge on any atom is 0.308 e. The molecule has 1 aromatic rings. The quantitative estimate of drug-likeness (QED) is 0.600. The van der Waals surface area contributed by atoms with Gasteiger partial charge in [-0.15, -0.1) is 17.8 Å². The minimum Gasteiger partial charge on any atom is -0.481 e. The third-order valence-corrected chi connectivity index (χ3v) is 4.20. The van der Waals surface area contributed by atoms with E-state index in [1.807, 2.05) is 0 Å². The van der Waals surface area contributed by atoms with Crippen molar-refractivity contribution in [3.8, 4) is 12.3 Å². The summed E-state index contributed by atoms with van der Waals surface area (Å²) in [5.41, 5.74) is 0.703. The topological polar surface area (TPSA) is 79.3 Å². The van der Waals surface area contributed by atoms with Gasteiger partial charge < -0.3 is 10.4 Å². The molecule has 0 bridgehead atoms. The van der Waals surface area contributed by atoms with Gasteiger partial charge in [-0.2, -0.15) is 0 Å². The van der Waals surface area contributed by atoms with Crippen molar-refractivity contribution in [3.63, 3.8) is 0 Å². The van der Waals surface area contributed by atoms with E-state index in [1.54, 1.807) is 6.92 Å². The zero-order valence-corrected chi connectivity index (χ0v) is 11.4. The van der Waals surface area contributed by atoms with E-state index >= 15 is 0 Å². The van der Waals surface area contributed by atoms with Crippen molar-refractivity contribution in [1.82, 2.24) is 10.3 Å². The molecule has 0 spiro atoms. The number of terminal acetylenes is 1.